The Morgan fingerprint density at radius 3 is 2.85 bits per heavy atom. The number of esters is 1. The van der Waals surface area contributed by atoms with Crippen LogP contribution in [0, 0.1) is 0 Å². The van der Waals surface area contributed by atoms with Gasteiger partial charge in [-0.25, -0.2) is 9.78 Å². The van der Waals surface area contributed by atoms with Gasteiger partial charge in [-0.3, -0.25) is 4.79 Å². The van der Waals surface area contributed by atoms with Crippen molar-refractivity contribution in [1.82, 2.24) is 10.3 Å². The number of nitrogens with one attached hydrogen (secondary N) is 1. The summed E-state index contributed by atoms with van der Waals surface area (Å²) >= 11 is 0. The number of methoxy groups -OCH3 is 1. The summed E-state index contributed by atoms with van der Waals surface area (Å²) in [5, 5.41) is 2.88. The second-order valence-electron chi connectivity index (χ2n) is 4.83. The van der Waals surface area contributed by atoms with Crippen LogP contribution >= 0.6 is 0 Å². The van der Waals surface area contributed by atoms with E-state index < -0.39 is 5.97 Å². The van der Waals surface area contributed by atoms with E-state index in [2.05, 4.69) is 10.3 Å². The molecule has 1 saturated carbocycles. The third kappa shape index (κ3) is 3.37. The zero-order valence-electron chi connectivity index (χ0n) is 11.5. The molecule has 3 N–H and O–H groups in total. The molecule has 0 atom stereocenters. The van der Waals surface area contributed by atoms with Crippen molar-refractivity contribution < 1.29 is 14.3 Å². The fourth-order valence-corrected chi connectivity index (χ4v) is 1.83. The van der Waals surface area contributed by atoms with Crippen molar-refractivity contribution in [2.45, 2.75) is 18.9 Å². The fourth-order valence-electron chi connectivity index (χ4n) is 1.83. The molecule has 20 heavy (non-hydrogen) atoms. The highest BCUT2D eigenvalue weighted by Gasteiger charge is 2.24. The predicted octanol–water partition coefficient (Wildman–Crippen LogP) is 0.165. The second kappa shape index (κ2) is 5.77. The summed E-state index contributed by atoms with van der Waals surface area (Å²) in [6.45, 7) is 0.122. The number of likely N-dealkylation sites (N-methyl/N-ethyl adjacent to an activating group) is 1. The van der Waals surface area contributed by atoms with E-state index in [0.29, 0.717) is 17.5 Å². The molecule has 1 heterocycles. The van der Waals surface area contributed by atoms with Gasteiger partial charge in [0.2, 0.25) is 5.91 Å². The molecular formula is C13H18N4O3. The first-order chi connectivity index (χ1) is 9.51. The van der Waals surface area contributed by atoms with Gasteiger partial charge in [0.05, 0.1) is 25.5 Å². The summed E-state index contributed by atoms with van der Waals surface area (Å²) in [5.74, 6) is -0.254. The van der Waals surface area contributed by atoms with Crippen LogP contribution in [0.1, 0.15) is 23.2 Å². The zero-order valence-corrected chi connectivity index (χ0v) is 11.5. The number of carbonyl (C=O) groups is 2. The van der Waals surface area contributed by atoms with Gasteiger partial charge in [-0.05, 0) is 18.9 Å². The summed E-state index contributed by atoms with van der Waals surface area (Å²) in [4.78, 5) is 29.2. The van der Waals surface area contributed by atoms with Crippen molar-refractivity contribution in [3.63, 3.8) is 0 Å². The third-order valence-corrected chi connectivity index (χ3v) is 2.98. The summed E-state index contributed by atoms with van der Waals surface area (Å²) in [6, 6.07) is 1.79. The number of pyridine rings is 1. The van der Waals surface area contributed by atoms with E-state index in [4.69, 9.17) is 10.5 Å². The van der Waals surface area contributed by atoms with Gasteiger partial charge in [0, 0.05) is 13.1 Å². The molecular weight excluding hydrogens is 260 g/mol. The summed E-state index contributed by atoms with van der Waals surface area (Å²) < 4.78 is 4.70. The highest BCUT2D eigenvalue weighted by atomic mass is 16.5. The third-order valence-electron chi connectivity index (χ3n) is 2.98. The number of hydrogen-bond acceptors (Lipinski definition) is 6. The standard InChI is InChI=1S/C13H18N4O3/c1-17(7-11(18)16-9-3-4-9)12-10(13(19)20-2)5-8(14)6-15-12/h5-6,9H,3-4,7,14H2,1-2H3,(H,16,18). The Morgan fingerprint density at radius 2 is 2.25 bits per heavy atom. The van der Waals surface area contributed by atoms with Crippen molar-refractivity contribution >= 4 is 23.4 Å². The smallest absolute Gasteiger partial charge is 0.341 e. The molecule has 0 bridgehead atoms. The van der Waals surface area contributed by atoms with Gasteiger partial charge < -0.3 is 20.7 Å². The number of nitrogens with two attached hydrogens (primary N) is 1. The average Bonchev–Trinajstić information content (AvgIpc) is 3.21. The molecule has 108 valence electrons. The van der Waals surface area contributed by atoms with Crippen LogP contribution < -0.4 is 16.0 Å². The van der Waals surface area contributed by atoms with E-state index >= 15 is 0 Å². The van der Waals surface area contributed by atoms with Gasteiger partial charge in [0.25, 0.3) is 0 Å². The van der Waals surface area contributed by atoms with Crippen molar-refractivity contribution in [3.8, 4) is 0 Å². The van der Waals surface area contributed by atoms with Crippen LogP contribution in [-0.2, 0) is 9.53 Å². The zero-order chi connectivity index (χ0) is 14.7. The molecule has 0 radical (unpaired) electrons. The lowest BCUT2D eigenvalue weighted by atomic mass is 10.2. The van der Waals surface area contributed by atoms with E-state index in [0.717, 1.165) is 12.8 Å². The second-order valence-corrected chi connectivity index (χ2v) is 4.83. The predicted molar refractivity (Wildman–Crippen MR) is 74.4 cm³/mol. The largest absolute Gasteiger partial charge is 0.465 e. The van der Waals surface area contributed by atoms with E-state index in [1.54, 1.807) is 11.9 Å². The minimum absolute atomic E-state index is 0.0931. The maximum atomic E-state index is 11.8. The fraction of sp³-hybridized carbons (Fsp3) is 0.462. The first-order valence-corrected chi connectivity index (χ1v) is 6.35. The Balaban J connectivity index is 2.13. The summed E-state index contributed by atoms with van der Waals surface area (Å²) in [5.41, 5.74) is 6.24. The first kappa shape index (κ1) is 14.1. The SMILES string of the molecule is COC(=O)c1cc(N)cnc1N(C)CC(=O)NC1CC1. The van der Waals surface area contributed by atoms with Crippen molar-refractivity contribution in [2.24, 2.45) is 0 Å². The van der Waals surface area contributed by atoms with E-state index in [1.807, 2.05) is 0 Å². The lowest BCUT2D eigenvalue weighted by Gasteiger charge is -2.20. The van der Waals surface area contributed by atoms with Crippen molar-refractivity contribution in [1.29, 1.82) is 0 Å². The number of amides is 1. The van der Waals surface area contributed by atoms with Gasteiger partial charge in [0.15, 0.2) is 0 Å². The molecule has 0 spiro atoms. The molecule has 1 aromatic heterocycles. The molecule has 7 heteroatoms. The van der Waals surface area contributed by atoms with Gasteiger partial charge in [-0.1, -0.05) is 0 Å². The van der Waals surface area contributed by atoms with Gasteiger partial charge in [-0.15, -0.1) is 0 Å². The number of nitrogens with zero attached hydrogens (tertiary/aromatic N) is 2. The van der Waals surface area contributed by atoms with E-state index in [-0.39, 0.29) is 18.0 Å². The number of ether oxygens (including phenoxy) is 1. The Hall–Kier alpha value is -2.31. The van der Waals surface area contributed by atoms with Crippen LogP contribution in [-0.4, -0.2) is 43.6 Å². The number of carbonyl (C=O) groups excluding carboxylic acids is 2. The summed E-state index contributed by atoms with van der Waals surface area (Å²) in [7, 11) is 2.98. The Kier molecular flexibility index (Phi) is 4.07. The van der Waals surface area contributed by atoms with Crippen LogP contribution in [0.5, 0.6) is 0 Å². The molecule has 1 fully saturated rings. The van der Waals surface area contributed by atoms with Crippen LogP contribution in [0.25, 0.3) is 0 Å². The van der Waals surface area contributed by atoms with Crippen molar-refractivity contribution in [2.75, 3.05) is 31.3 Å². The van der Waals surface area contributed by atoms with E-state index in [1.165, 1.54) is 19.4 Å². The Morgan fingerprint density at radius 1 is 1.55 bits per heavy atom. The number of aromatic nitrogens is 1. The molecule has 1 amide bonds. The lowest BCUT2D eigenvalue weighted by Crippen LogP contribution is -2.37. The molecule has 1 aliphatic rings. The van der Waals surface area contributed by atoms with Crippen LogP contribution in [0.3, 0.4) is 0 Å². The minimum Gasteiger partial charge on any atom is -0.465 e. The van der Waals surface area contributed by atoms with Crippen LogP contribution in [0.2, 0.25) is 0 Å². The lowest BCUT2D eigenvalue weighted by molar-refractivity contribution is -0.119. The molecule has 0 aromatic carbocycles. The van der Waals surface area contributed by atoms with Gasteiger partial charge in [0.1, 0.15) is 11.4 Å². The number of anilines is 2. The van der Waals surface area contributed by atoms with Crippen molar-refractivity contribution in [3.05, 3.63) is 17.8 Å². The maximum absolute atomic E-state index is 11.8. The van der Waals surface area contributed by atoms with Gasteiger partial charge >= 0.3 is 5.97 Å². The molecule has 1 aliphatic carbocycles. The van der Waals surface area contributed by atoms with Gasteiger partial charge in [-0.2, -0.15) is 0 Å². The first-order valence-electron chi connectivity index (χ1n) is 6.35. The molecule has 0 aliphatic heterocycles. The normalized spacial score (nSPS) is 13.7. The number of nitrogen functional groups attached to an aromatic ring is 1. The molecule has 0 unspecified atom stereocenters. The Labute approximate surface area is 117 Å². The highest BCUT2D eigenvalue weighted by Crippen LogP contribution is 2.21. The topological polar surface area (TPSA) is 97.6 Å². The molecule has 2 rings (SSSR count). The Bertz CT molecular complexity index is 528. The van der Waals surface area contributed by atoms with Crippen LogP contribution in [0.15, 0.2) is 12.3 Å². The maximum Gasteiger partial charge on any atom is 0.341 e. The quantitative estimate of drug-likeness (QED) is 0.745. The highest BCUT2D eigenvalue weighted by molar-refractivity contribution is 5.96. The molecule has 7 nitrogen and oxygen atoms in total. The number of rotatable bonds is 5. The van der Waals surface area contributed by atoms with Crippen LogP contribution in [0.4, 0.5) is 11.5 Å². The summed E-state index contributed by atoms with van der Waals surface area (Å²) in [6.07, 6.45) is 3.50. The number of hydrogen-bond donors (Lipinski definition) is 2. The average molecular weight is 278 g/mol. The minimum atomic E-state index is -0.533. The molecule has 0 saturated heterocycles. The van der Waals surface area contributed by atoms with E-state index in [9.17, 15) is 9.59 Å². The molecule has 1 aromatic rings. The monoisotopic (exact) mass is 278 g/mol.